The van der Waals surface area contributed by atoms with Gasteiger partial charge in [0.1, 0.15) is 0 Å². The quantitative estimate of drug-likeness (QED) is 0.101. The summed E-state index contributed by atoms with van der Waals surface area (Å²) >= 11 is 0. The average molecular weight is 909 g/mol. The molecule has 0 bridgehead atoms. The minimum absolute atomic E-state index is 0.113. The molecular weight excluding hydrogens is 850 g/mol. The summed E-state index contributed by atoms with van der Waals surface area (Å²) in [6, 6.07) is 20.3. The molecule has 350 valence electrons. The maximum absolute atomic E-state index is 13.9. The Morgan fingerprint density at radius 3 is 2.03 bits per heavy atom. The number of anilines is 2. The summed E-state index contributed by atoms with van der Waals surface area (Å²) in [6.45, 7) is 4.28. The molecule has 1 aromatic heterocycles. The van der Waals surface area contributed by atoms with E-state index in [0.29, 0.717) is 71.4 Å². The van der Waals surface area contributed by atoms with E-state index in [9.17, 15) is 37.1 Å². The van der Waals surface area contributed by atoms with E-state index in [1.165, 1.54) is 24.4 Å². The lowest BCUT2D eigenvalue weighted by molar-refractivity contribution is -0.138. The number of nitrogens with one attached hydrogen (secondary N) is 2. The minimum Gasteiger partial charge on any atom is -0.481 e. The number of piperidine rings is 3. The van der Waals surface area contributed by atoms with Gasteiger partial charge >= 0.3 is 12.1 Å². The predicted octanol–water partition coefficient (Wildman–Crippen LogP) is 9.46. The lowest BCUT2D eigenvalue weighted by Gasteiger charge is -2.33. The van der Waals surface area contributed by atoms with Crippen molar-refractivity contribution >= 4 is 41.0 Å². The number of nitrogens with zero attached hydrogens (tertiary/aromatic N) is 4. The number of likely N-dealkylation sites (tertiary alicyclic amines) is 2. The van der Waals surface area contributed by atoms with Gasteiger partial charge in [0.05, 0.1) is 16.9 Å². The number of benzene rings is 3. The van der Waals surface area contributed by atoms with Crippen molar-refractivity contribution in [3.63, 3.8) is 0 Å². The van der Waals surface area contributed by atoms with Gasteiger partial charge in [0.25, 0.3) is 17.7 Å². The maximum Gasteiger partial charge on any atom is 0.416 e. The highest BCUT2D eigenvalue weighted by Crippen LogP contribution is 2.34. The fourth-order valence-corrected chi connectivity index (χ4v) is 9.37. The van der Waals surface area contributed by atoms with E-state index < -0.39 is 29.5 Å². The van der Waals surface area contributed by atoms with Crippen molar-refractivity contribution in [2.45, 2.75) is 96.2 Å². The Bertz CT molecular complexity index is 2350. The Labute approximate surface area is 384 Å². The lowest BCUT2D eigenvalue weighted by Crippen LogP contribution is -2.39. The fourth-order valence-electron chi connectivity index (χ4n) is 9.37. The van der Waals surface area contributed by atoms with Crippen LogP contribution < -0.4 is 15.5 Å². The Balaban J connectivity index is 0.946. The van der Waals surface area contributed by atoms with E-state index in [4.69, 9.17) is 5.11 Å². The van der Waals surface area contributed by atoms with E-state index >= 15 is 0 Å². The number of carbonyl (C=O) groups is 5. The number of carboxylic acid groups (broad SMARTS) is 1. The zero-order chi connectivity index (χ0) is 46.6. The predicted molar refractivity (Wildman–Crippen MR) is 246 cm³/mol. The SMILES string of the molecule is O=C(O)CCCC1CCN(C(=O)CCCC2CCN(C(=O)c3cccc(C(=O)Nc4ccc(N5CCCCC5)cc4-c4cc(C(=O)NCc5cccc(C(F)(F)F)c5)ccn4)c3)CC2)CC1. The highest BCUT2D eigenvalue weighted by Gasteiger charge is 2.31. The van der Waals surface area contributed by atoms with Gasteiger partial charge in [-0.05, 0) is 149 Å². The number of hydrogen-bond acceptors (Lipinski definition) is 7. The molecule has 0 spiro atoms. The van der Waals surface area contributed by atoms with Gasteiger partial charge < -0.3 is 30.4 Å². The Hall–Kier alpha value is -6.25. The molecule has 3 aliphatic heterocycles. The Morgan fingerprint density at radius 2 is 1.33 bits per heavy atom. The van der Waals surface area contributed by atoms with E-state index in [2.05, 4.69) is 20.5 Å². The highest BCUT2D eigenvalue weighted by atomic mass is 19.4. The third-order valence-electron chi connectivity index (χ3n) is 13.2. The zero-order valence-corrected chi connectivity index (χ0v) is 37.3. The zero-order valence-electron chi connectivity index (χ0n) is 37.3. The van der Waals surface area contributed by atoms with Crippen LogP contribution in [0.2, 0.25) is 0 Å². The molecule has 4 aromatic rings. The number of amides is 4. The molecule has 3 fully saturated rings. The molecule has 4 amide bonds. The van der Waals surface area contributed by atoms with Gasteiger partial charge in [0.15, 0.2) is 0 Å². The van der Waals surface area contributed by atoms with Crippen molar-refractivity contribution in [2.24, 2.45) is 11.8 Å². The van der Waals surface area contributed by atoms with Crippen LogP contribution in [0.25, 0.3) is 11.3 Å². The molecule has 0 radical (unpaired) electrons. The lowest BCUT2D eigenvalue weighted by atomic mass is 9.90. The van der Waals surface area contributed by atoms with Gasteiger partial charge in [0.2, 0.25) is 5.91 Å². The third kappa shape index (κ3) is 13.0. The molecule has 0 saturated carbocycles. The first-order valence-corrected chi connectivity index (χ1v) is 23.3. The number of pyridine rings is 1. The van der Waals surface area contributed by atoms with E-state index in [-0.39, 0.29) is 30.3 Å². The van der Waals surface area contributed by atoms with Crippen LogP contribution in [0.15, 0.2) is 85.1 Å². The van der Waals surface area contributed by atoms with E-state index in [1.54, 1.807) is 30.3 Å². The molecule has 12 nitrogen and oxygen atoms in total. The number of carboxylic acids is 1. The van der Waals surface area contributed by atoms with Gasteiger partial charge in [-0.1, -0.05) is 18.2 Å². The van der Waals surface area contributed by atoms with Gasteiger partial charge in [-0.3, -0.25) is 29.0 Å². The molecule has 3 aliphatic rings. The molecule has 3 saturated heterocycles. The molecule has 3 N–H and O–H groups in total. The van der Waals surface area contributed by atoms with Crippen molar-refractivity contribution in [3.05, 3.63) is 113 Å². The standard InChI is InChI=1S/C51H59F3N6O6/c52-51(53,54)41-13-4-10-37(30-41)34-56-48(64)39-18-23-55-45(32-39)43-33-42(58-24-2-1-3-25-58)16-17-44(43)57-49(65)38-11-7-12-40(31-38)50(66)60-28-21-35(22-29-60)8-5-14-46(61)59-26-19-36(20-27-59)9-6-15-47(62)63/h4,7,10-13,16-18,23,30-33,35-36H,1-3,5-6,8-9,14-15,19-22,24-29,34H2,(H,56,64)(H,57,65)(H,62,63). The van der Waals surface area contributed by atoms with Crippen LogP contribution in [0.4, 0.5) is 24.5 Å². The van der Waals surface area contributed by atoms with Gasteiger partial charge in [-0.25, -0.2) is 0 Å². The first-order valence-electron chi connectivity index (χ1n) is 23.3. The van der Waals surface area contributed by atoms with Crippen molar-refractivity contribution in [3.8, 4) is 11.3 Å². The highest BCUT2D eigenvalue weighted by molar-refractivity contribution is 6.08. The molecule has 66 heavy (non-hydrogen) atoms. The van der Waals surface area contributed by atoms with Gasteiger partial charge in [-0.15, -0.1) is 0 Å². The van der Waals surface area contributed by atoms with Crippen LogP contribution in [0.5, 0.6) is 0 Å². The third-order valence-corrected chi connectivity index (χ3v) is 13.2. The number of aliphatic carboxylic acids is 1. The summed E-state index contributed by atoms with van der Waals surface area (Å²) in [7, 11) is 0. The summed E-state index contributed by atoms with van der Waals surface area (Å²) < 4.78 is 39.9. The first kappa shape index (κ1) is 47.7. The molecule has 7 rings (SSSR count). The van der Waals surface area contributed by atoms with Gasteiger partial charge in [-0.2, -0.15) is 13.2 Å². The molecule has 15 heteroatoms. The number of hydrogen-bond donors (Lipinski definition) is 3. The van der Waals surface area contributed by atoms with Crippen LogP contribution in [0.1, 0.15) is 126 Å². The van der Waals surface area contributed by atoms with Crippen LogP contribution in [0.3, 0.4) is 0 Å². The number of alkyl halides is 3. The smallest absolute Gasteiger partial charge is 0.416 e. The topological polar surface area (TPSA) is 152 Å². The van der Waals surface area contributed by atoms with Crippen LogP contribution in [-0.4, -0.2) is 88.8 Å². The molecule has 4 heterocycles. The second kappa shape index (κ2) is 22.3. The number of carbonyl (C=O) groups excluding carboxylic acids is 4. The summed E-state index contributed by atoms with van der Waals surface area (Å²) in [6.07, 6.45) is 7.76. The largest absolute Gasteiger partial charge is 0.481 e. The first-order chi connectivity index (χ1) is 31.8. The molecule has 3 aromatic carbocycles. The number of rotatable bonds is 16. The summed E-state index contributed by atoms with van der Waals surface area (Å²) in [5.41, 5.74) is 2.83. The normalized spacial score (nSPS) is 16.2. The minimum atomic E-state index is -4.50. The van der Waals surface area contributed by atoms with Crippen LogP contribution >= 0.6 is 0 Å². The molecule has 0 unspecified atom stereocenters. The van der Waals surface area contributed by atoms with Crippen LogP contribution in [-0.2, 0) is 22.3 Å². The number of halogens is 3. The fraction of sp³-hybridized carbons (Fsp3) is 0.451. The molecular formula is C51H59F3N6O6. The molecule has 0 atom stereocenters. The molecule has 0 aliphatic carbocycles. The Kier molecular flexibility index (Phi) is 16.1. The van der Waals surface area contributed by atoms with E-state index in [1.807, 2.05) is 28.0 Å². The second-order valence-electron chi connectivity index (χ2n) is 17.9. The summed E-state index contributed by atoms with van der Waals surface area (Å²) in [4.78, 5) is 75.4. The second-order valence-corrected chi connectivity index (χ2v) is 17.9. The van der Waals surface area contributed by atoms with Crippen molar-refractivity contribution in [1.29, 1.82) is 0 Å². The van der Waals surface area contributed by atoms with Gasteiger partial charge in [0, 0.05) is 92.8 Å². The number of aromatic nitrogens is 1. The van der Waals surface area contributed by atoms with Crippen molar-refractivity contribution in [1.82, 2.24) is 20.1 Å². The maximum atomic E-state index is 13.9. The Morgan fingerprint density at radius 1 is 0.682 bits per heavy atom. The van der Waals surface area contributed by atoms with Crippen molar-refractivity contribution in [2.75, 3.05) is 49.5 Å². The summed E-state index contributed by atoms with van der Waals surface area (Å²) in [5, 5.41) is 14.6. The van der Waals surface area contributed by atoms with E-state index in [0.717, 1.165) is 108 Å². The van der Waals surface area contributed by atoms with Crippen LogP contribution in [0, 0.1) is 11.8 Å². The average Bonchev–Trinajstić information content (AvgIpc) is 3.33. The van der Waals surface area contributed by atoms with Crippen molar-refractivity contribution < 1.29 is 42.3 Å². The monoisotopic (exact) mass is 908 g/mol. The summed E-state index contributed by atoms with van der Waals surface area (Å²) in [5.74, 6) is -0.748.